The normalized spacial score (nSPS) is 12.0. The predicted molar refractivity (Wildman–Crippen MR) is 87.0 cm³/mol. The number of nitrogens with zero attached hydrogens (tertiary/aromatic N) is 2. The Morgan fingerprint density at radius 2 is 2.00 bits per heavy atom. The summed E-state index contributed by atoms with van der Waals surface area (Å²) >= 11 is 7.88. The molecule has 0 atom stereocenters. The van der Waals surface area contributed by atoms with Gasteiger partial charge in [-0.2, -0.15) is 0 Å². The summed E-state index contributed by atoms with van der Waals surface area (Å²) in [7, 11) is -3.69. The molecule has 0 saturated heterocycles. The van der Waals surface area contributed by atoms with Crippen LogP contribution in [-0.2, 0) is 10.0 Å². The van der Waals surface area contributed by atoms with Gasteiger partial charge in [0.2, 0.25) is 0 Å². The van der Waals surface area contributed by atoms with E-state index >= 15 is 0 Å². The first-order chi connectivity index (χ1) is 9.85. The molecular formula is C12H10ClN3O2S3. The third kappa shape index (κ3) is 2.89. The Balaban J connectivity index is 2.00. The van der Waals surface area contributed by atoms with Gasteiger partial charge in [-0.25, -0.2) is 18.4 Å². The Hall–Kier alpha value is -1.22. The fourth-order valence-corrected chi connectivity index (χ4v) is 5.51. The molecule has 1 N–H and O–H groups in total. The van der Waals surface area contributed by atoms with Crippen LogP contribution in [0.3, 0.4) is 0 Å². The van der Waals surface area contributed by atoms with E-state index in [0.717, 1.165) is 32.7 Å². The summed E-state index contributed by atoms with van der Waals surface area (Å²) in [6.07, 6.45) is 1.23. The minimum atomic E-state index is -3.69. The van der Waals surface area contributed by atoms with E-state index in [9.17, 15) is 8.42 Å². The molecule has 3 rings (SSSR count). The van der Waals surface area contributed by atoms with Crippen molar-refractivity contribution in [1.82, 2.24) is 9.97 Å². The quantitative estimate of drug-likeness (QED) is 0.771. The number of hydrogen-bond donors (Lipinski definition) is 1. The number of nitrogens with one attached hydrogen (secondary N) is 1. The van der Waals surface area contributed by atoms with Gasteiger partial charge in [-0.1, -0.05) is 40.3 Å². The van der Waals surface area contributed by atoms with Gasteiger partial charge >= 0.3 is 0 Å². The van der Waals surface area contributed by atoms with E-state index in [0.29, 0.717) is 5.13 Å². The average molecular weight is 360 g/mol. The second-order valence-corrected chi connectivity index (χ2v) is 9.04. The lowest BCUT2D eigenvalue weighted by Crippen LogP contribution is -2.11. The first kappa shape index (κ1) is 14.7. The maximum Gasteiger partial charge on any atom is 0.274 e. The zero-order valence-corrected chi connectivity index (χ0v) is 14.3. The molecule has 0 aliphatic carbocycles. The minimum absolute atomic E-state index is 0.0691. The SMILES string of the molecule is Cc1cc(C)c2nc(NS(=O)(=O)c3cnc(Cl)s3)sc2c1. The highest BCUT2D eigenvalue weighted by atomic mass is 35.5. The van der Waals surface area contributed by atoms with Gasteiger partial charge in [-0.3, -0.25) is 4.72 Å². The molecule has 0 aliphatic rings. The molecule has 2 heterocycles. The molecule has 0 spiro atoms. The number of sulfonamides is 1. The molecule has 0 fully saturated rings. The van der Waals surface area contributed by atoms with Gasteiger partial charge in [0, 0.05) is 0 Å². The monoisotopic (exact) mass is 359 g/mol. The first-order valence-electron chi connectivity index (χ1n) is 5.87. The lowest BCUT2D eigenvalue weighted by atomic mass is 10.1. The van der Waals surface area contributed by atoms with Crippen molar-refractivity contribution in [2.75, 3.05) is 4.72 Å². The van der Waals surface area contributed by atoms with E-state index in [1.165, 1.54) is 17.5 Å². The molecule has 3 aromatic rings. The zero-order chi connectivity index (χ0) is 15.2. The number of hydrogen-bond acceptors (Lipinski definition) is 6. The van der Waals surface area contributed by atoms with Gasteiger partial charge in [-0.15, -0.1) is 0 Å². The summed E-state index contributed by atoms with van der Waals surface area (Å²) in [4.78, 5) is 8.09. The fourth-order valence-electron chi connectivity index (χ4n) is 1.94. The van der Waals surface area contributed by atoms with Crippen LogP contribution < -0.4 is 4.72 Å². The Morgan fingerprint density at radius 1 is 1.24 bits per heavy atom. The summed E-state index contributed by atoms with van der Waals surface area (Å²) in [5, 5.41) is 0.336. The number of halogens is 1. The van der Waals surface area contributed by atoms with Crippen LogP contribution in [0.25, 0.3) is 10.2 Å². The lowest BCUT2D eigenvalue weighted by molar-refractivity contribution is 0.603. The number of rotatable bonds is 3. The molecule has 0 amide bonds. The number of aromatic nitrogens is 2. The lowest BCUT2D eigenvalue weighted by Gasteiger charge is -2.00. The van der Waals surface area contributed by atoms with E-state index in [1.54, 1.807) is 0 Å². The summed E-state index contributed by atoms with van der Waals surface area (Å²) in [5.41, 5.74) is 2.95. The molecule has 21 heavy (non-hydrogen) atoms. The van der Waals surface area contributed by atoms with Crippen LogP contribution in [0.1, 0.15) is 11.1 Å². The fraction of sp³-hybridized carbons (Fsp3) is 0.167. The van der Waals surface area contributed by atoms with Crippen molar-refractivity contribution < 1.29 is 8.42 Å². The average Bonchev–Trinajstić information content (AvgIpc) is 2.95. The summed E-state index contributed by atoms with van der Waals surface area (Å²) in [6, 6.07) is 4.00. The van der Waals surface area contributed by atoms with Gasteiger partial charge in [0.1, 0.15) is 0 Å². The molecule has 0 aliphatic heterocycles. The van der Waals surface area contributed by atoms with Crippen molar-refractivity contribution in [3.8, 4) is 0 Å². The van der Waals surface area contributed by atoms with Crippen molar-refractivity contribution in [2.24, 2.45) is 0 Å². The molecule has 0 radical (unpaired) electrons. The van der Waals surface area contributed by atoms with Crippen LogP contribution in [-0.4, -0.2) is 18.4 Å². The number of anilines is 1. The number of thiazole rings is 2. The maximum atomic E-state index is 12.2. The maximum absolute atomic E-state index is 12.2. The number of aryl methyl sites for hydroxylation is 2. The third-order valence-corrected chi connectivity index (χ3v) is 6.73. The Bertz CT molecular complexity index is 931. The second-order valence-electron chi connectivity index (χ2n) is 4.49. The van der Waals surface area contributed by atoms with Crippen LogP contribution in [0.15, 0.2) is 22.5 Å². The number of benzene rings is 1. The van der Waals surface area contributed by atoms with Crippen LogP contribution >= 0.6 is 34.3 Å². The highest BCUT2D eigenvalue weighted by molar-refractivity contribution is 7.94. The highest BCUT2D eigenvalue weighted by Crippen LogP contribution is 2.31. The van der Waals surface area contributed by atoms with E-state index in [1.807, 2.05) is 26.0 Å². The third-order valence-electron chi connectivity index (χ3n) is 2.77. The van der Waals surface area contributed by atoms with Crippen LogP contribution in [0.4, 0.5) is 5.13 Å². The van der Waals surface area contributed by atoms with E-state index in [4.69, 9.17) is 11.6 Å². The van der Waals surface area contributed by atoms with Crippen molar-refractivity contribution in [3.05, 3.63) is 33.9 Å². The first-order valence-corrected chi connectivity index (χ1v) is 9.36. The molecule has 0 unspecified atom stereocenters. The summed E-state index contributed by atoms with van der Waals surface area (Å²) < 4.78 is 28.1. The zero-order valence-electron chi connectivity index (χ0n) is 11.0. The smallest absolute Gasteiger partial charge is 0.254 e. The van der Waals surface area contributed by atoms with Crippen LogP contribution in [0, 0.1) is 13.8 Å². The van der Waals surface area contributed by atoms with Crippen molar-refractivity contribution in [1.29, 1.82) is 0 Å². The van der Waals surface area contributed by atoms with Gasteiger partial charge in [-0.05, 0) is 31.0 Å². The molecular weight excluding hydrogens is 350 g/mol. The number of fused-ring (bicyclic) bond motifs is 1. The van der Waals surface area contributed by atoms with Crippen LogP contribution in [0.5, 0.6) is 0 Å². The van der Waals surface area contributed by atoms with Gasteiger partial charge < -0.3 is 0 Å². The molecule has 2 aromatic heterocycles. The Labute approximate surface area is 134 Å². The van der Waals surface area contributed by atoms with Gasteiger partial charge in [0.25, 0.3) is 10.0 Å². The minimum Gasteiger partial charge on any atom is -0.254 e. The Kier molecular flexibility index (Phi) is 3.64. The molecule has 0 bridgehead atoms. The predicted octanol–water partition coefficient (Wildman–Crippen LogP) is 3.82. The van der Waals surface area contributed by atoms with E-state index in [-0.39, 0.29) is 8.68 Å². The summed E-state index contributed by atoms with van der Waals surface area (Å²) in [5.74, 6) is 0. The van der Waals surface area contributed by atoms with Gasteiger partial charge in [0.05, 0.1) is 16.4 Å². The molecule has 110 valence electrons. The molecule has 1 aromatic carbocycles. The Morgan fingerprint density at radius 3 is 2.67 bits per heavy atom. The largest absolute Gasteiger partial charge is 0.274 e. The molecule has 0 saturated carbocycles. The molecule has 9 heteroatoms. The second kappa shape index (κ2) is 5.20. The van der Waals surface area contributed by atoms with E-state index in [2.05, 4.69) is 14.7 Å². The van der Waals surface area contributed by atoms with Crippen LogP contribution in [0.2, 0.25) is 4.47 Å². The highest BCUT2D eigenvalue weighted by Gasteiger charge is 2.20. The van der Waals surface area contributed by atoms with Crippen molar-refractivity contribution >= 4 is 59.6 Å². The van der Waals surface area contributed by atoms with Gasteiger partial charge in [0.15, 0.2) is 13.8 Å². The topological polar surface area (TPSA) is 72.0 Å². The van der Waals surface area contributed by atoms with Crippen molar-refractivity contribution in [3.63, 3.8) is 0 Å². The van der Waals surface area contributed by atoms with Crippen molar-refractivity contribution in [2.45, 2.75) is 18.1 Å². The standard InChI is InChI=1S/C12H10ClN3O2S3/c1-6-3-7(2)10-8(4-6)19-12(15-10)16-21(17,18)9-5-14-11(13)20-9/h3-5H,1-2H3,(H,15,16). The summed E-state index contributed by atoms with van der Waals surface area (Å²) in [6.45, 7) is 3.95. The molecule has 5 nitrogen and oxygen atoms in total. The van der Waals surface area contributed by atoms with E-state index < -0.39 is 10.0 Å².